The first-order chi connectivity index (χ1) is 12.0. The Kier molecular flexibility index (Phi) is 4.48. The monoisotopic (exact) mass is 334 g/mol. The molecule has 0 N–H and O–H groups in total. The summed E-state index contributed by atoms with van der Waals surface area (Å²) in [6, 6.07) is 14.4. The summed E-state index contributed by atoms with van der Waals surface area (Å²) in [6.07, 6.45) is 4.06. The van der Waals surface area contributed by atoms with Crippen LogP contribution in [0.2, 0.25) is 0 Å². The standard InChI is InChI=1S/C20H18N2O3/c1-14(23)16(11-15-7-3-5-9-19(15)22(24)25)12-17-13-21(2)20-10-6-4-8-18(17)20/h3-11,13H,12H2,1-2H3/b16-11+. The molecule has 1 heterocycles. The van der Waals surface area contributed by atoms with Crippen molar-refractivity contribution in [2.24, 2.45) is 7.05 Å². The Morgan fingerprint density at radius 3 is 2.56 bits per heavy atom. The van der Waals surface area contributed by atoms with Crippen molar-refractivity contribution in [2.75, 3.05) is 0 Å². The number of carbonyl (C=O) groups excluding carboxylic acids is 1. The summed E-state index contributed by atoms with van der Waals surface area (Å²) in [5.41, 5.74) is 3.10. The SMILES string of the molecule is CC(=O)/C(=C/c1ccccc1[N+](=O)[O-])Cc1cn(C)c2ccccc12. The average Bonchev–Trinajstić information content (AvgIpc) is 2.91. The molecule has 0 aliphatic heterocycles. The molecule has 0 saturated carbocycles. The van der Waals surface area contributed by atoms with E-state index in [9.17, 15) is 14.9 Å². The van der Waals surface area contributed by atoms with E-state index in [4.69, 9.17) is 0 Å². The first kappa shape index (κ1) is 16.6. The van der Waals surface area contributed by atoms with Gasteiger partial charge in [-0.15, -0.1) is 0 Å². The van der Waals surface area contributed by atoms with E-state index in [0.29, 0.717) is 17.6 Å². The number of hydrogen-bond donors (Lipinski definition) is 0. The van der Waals surface area contributed by atoms with Gasteiger partial charge in [-0.05, 0) is 30.7 Å². The molecule has 0 spiro atoms. The molecular formula is C20H18N2O3. The molecule has 3 rings (SSSR count). The number of benzene rings is 2. The van der Waals surface area contributed by atoms with Crippen molar-refractivity contribution in [3.8, 4) is 0 Å². The lowest BCUT2D eigenvalue weighted by atomic mass is 9.99. The van der Waals surface area contributed by atoms with Gasteiger partial charge >= 0.3 is 0 Å². The molecule has 0 atom stereocenters. The molecule has 0 unspecified atom stereocenters. The van der Waals surface area contributed by atoms with Crippen LogP contribution in [-0.4, -0.2) is 15.3 Å². The molecule has 126 valence electrons. The van der Waals surface area contributed by atoms with E-state index in [2.05, 4.69) is 0 Å². The maximum absolute atomic E-state index is 12.1. The fourth-order valence-electron chi connectivity index (χ4n) is 3.01. The summed E-state index contributed by atoms with van der Waals surface area (Å²) in [4.78, 5) is 22.9. The van der Waals surface area contributed by atoms with E-state index in [1.807, 2.05) is 42.1 Å². The predicted octanol–water partition coefficient (Wildman–Crippen LogP) is 4.30. The topological polar surface area (TPSA) is 65.1 Å². The minimum Gasteiger partial charge on any atom is -0.350 e. The van der Waals surface area contributed by atoms with Gasteiger partial charge in [-0.25, -0.2) is 0 Å². The van der Waals surface area contributed by atoms with Crippen LogP contribution in [0.5, 0.6) is 0 Å². The highest BCUT2D eigenvalue weighted by molar-refractivity contribution is 5.99. The van der Waals surface area contributed by atoms with Gasteiger partial charge in [-0.1, -0.05) is 30.3 Å². The van der Waals surface area contributed by atoms with Crippen LogP contribution in [-0.2, 0) is 18.3 Å². The number of nitrogens with zero attached hydrogens (tertiary/aromatic N) is 2. The zero-order valence-electron chi connectivity index (χ0n) is 14.1. The minimum atomic E-state index is -0.429. The molecule has 0 amide bonds. The van der Waals surface area contributed by atoms with Gasteiger partial charge in [-0.2, -0.15) is 0 Å². The molecule has 3 aromatic rings. The average molecular weight is 334 g/mol. The van der Waals surface area contributed by atoms with Gasteiger partial charge < -0.3 is 4.57 Å². The van der Waals surface area contributed by atoms with Gasteiger partial charge in [0, 0.05) is 42.2 Å². The third kappa shape index (κ3) is 3.35. The normalized spacial score (nSPS) is 11.7. The summed E-state index contributed by atoms with van der Waals surface area (Å²) in [5, 5.41) is 12.3. The lowest BCUT2D eigenvalue weighted by Gasteiger charge is -2.04. The van der Waals surface area contributed by atoms with Crippen LogP contribution >= 0.6 is 0 Å². The number of nitro groups is 1. The zero-order valence-corrected chi connectivity index (χ0v) is 14.1. The number of hydrogen-bond acceptors (Lipinski definition) is 3. The summed E-state index contributed by atoms with van der Waals surface area (Å²) >= 11 is 0. The number of rotatable bonds is 5. The van der Waals surface area contributed by atoms with Gasteiger partial charge in [-0.3, -0.25) is 14.9 Å². The van der Waals surface area contributed by atoms with Crippen molar-refractivity contribution in [1.29, 1.82) is 0 Å². The van der Waals surface area contributed by atoms with Crippen LogP contribution < -0.4 is 0 Å². The highest BCUT2D eigenvalue weighted by atomic mass is 16.6. The fourth-order valence-corrected chi connectivity index (χ4v) is 3.01. The van der Waals surface area contributed by atoms with Gasteiger partial charge in [0.15, 0.2) is 5.78 Å². The second-order valence-electron chi connectivity index (χ2n) is 6.00. The molecule has 0 fully saturated rings. The lowest BCUT2D eigenvalue weighted by Crippen LogP contribution is -2.01. The van der Waals surface area contributed by atoms with Gasteiger partial charge in [0.1, 0.15) is 0 Å². The van der Waals surface area contributed by atoms with Crippen molar-refractivity contribution in [2.45, 2.75) is 13.3 Å². The Morgan fingerprint density at radius 1 is 1.16 bits per heavy atom. The second kappa shape index (κ2) is 6.73. The Balaban J connectivity index is 2.06. The molecular weight excluding hydrogens is 316 g/mol. The second-order valence-corrected chi connectivity index (χ2v) is 6.00. The summed E-state index contributed by atoms with van der Waals surface area (Å²) in [6.45, 7) is 1.49. The minimum absolute atomic E-state index is 0.000769. The third-order valence-electron chi connectivity index (χ3n) is 4.28. The van der Waals surface area contributed by atoms with Crippen LogP contribution in [0.25, 0.3) is 17.0 Å². The summed E-state index contributed by atoms with van der Waals surface area (Å²) in [5.74, 6) is -0.0916. The van der Waals surface area contributed by atoms with E-state index in [1.54, 1.807) is 24.3 Å². The number of carbonyl (C=O) groups is 1. The largest absolute Gasteiger partial charge is 0.350 e. The molecule has 1 aromatic heterocycles. The molecule has 5 heteroatoms. The van der Waals surface area contributed by atoms with Crippen molar-refractivity contribution < 1.29 is 9.72 Å². The molecule has 0 radical (unpaired) electrons. The fraction of sp³-hybridized carbons (Fsp3) is 0.150. The molecule has 0 aliphatic rings. The maximum atomic E-state index is 12.1. The van der Waals surface area contributed by atoms with Crippen molar-refractivity contribution >= 4 is 28.4 Å². The number of aromatic nitrogens is 1. The smallest absolute Gasteiger partial charge is 0.276 e. The quantitative estimate of drug-likeness (QED) is 0.397. The van der Waals surface area contributed by atoms with E-state index >= 15 is 0 Å². The molecule has 0 saturated heterocycles. The predicted molar refractivity (Wildman–Crippen MR) is 98.4 cm³/mol. The molecule has 5 nitrogen and oxygen atoms in total. The number of allylic oxidation sites excluding steroid dienone is 1. The van der Waals surface area contributed by atoms with Crippen LogP contribution in [0.15, 0.2) is 60.3 Å². The number of nitro benzene ring substituents is 1. The maximum Gasteiger partial charge on any atom is 0.276 e. The van der Waals surface area contributed by atoms with Crippen LogP contribution in [0.3, 0.4) is 0 Å². The van der Waals surface area contributed by atoms with E-state index in [-0.39, 0.29) is 11.5 Å². The summed E-state index contributed by atoms with van der Waals surface area (Å²) < 4.78 is 2.02. The first-order valence-corrected chi connectivity index (χ1v) is 7.95. The van der Waals surface area contributed by atoms with Gasteiger partial charge in [0.05, 0.1) is 10.5 Å². The van der Waals surface area contributed by atoms with Crippen LogP contribution in [0, 0.1) is 10.1 Å². The van der Waals surface area contributed by atoms with Crippen molar-refractivity contribution in [3.63, 3.8) is 0 Å². The zero-order chi connectivity index (χ0) is 18.0. The number of Topliss-reactive ketones (excluding diaryl/α,β-unsaturated/α-hetero) is 1. The molecule has 0 aliphatic carbocycles. The van der Waals surface area contributed by atoms with Crippen LogP contribution in [0.4, 0.5) is 5.69 Å². The first-order valence-electron chi connectivity index (χ1n) is 7.95. The number of ketones is 1. The van der Waals surface area contributed by atoms with E-state index < -0.39 is 4.92 Å². The van der Waals surface area contributed by atoms with E-state index in [0.717, 1.165) is 16.5 Å². The lowest BCUT2D eigenvalue weighted by molar-refractivity contribution is -0.385. The number of para-hydroxylation sites is 2. The summed E-state index contributed by atoms with van der Waals surface area (Å²) in [7, 11) is 1.96. The van der Waals surface area contributed by atoms with Crippen molar-refractivity contribution in [3.05, 3.63) is 81.5 Å². The van der Waals surface area contributed by atoms with Gasteiger partial charge in [0.25, 0.3) is 5.69 Å². The molecule has 0 bridgehead atoms. The number of aryl methyl sites for hydroxylation is 1. The third-order valence-corrected chi connectivity index (χ3v) is 4.28. The number of fused-ring (bicyclic) bond motifs is 1. The molecule has 25 heavy (non-hydrogen) atoms. The molecule has 2 aromatic carbocycles. The Labute approximate surface area is 145 Å². The van der Waals surface area contributed by atoms with Crippen molar-refractivity contribution in [1.82, 2.24) is 4.57 Å². The Bertz CT molecular complexity index is 999. The Morgan fingerprint density at radius 2 is 1.84 bits per heavy atom. The highest BCUT2D eigenvalue weighted by Gasteiger charge is 2.15. The van der Waals surface area contributed by atoms with Gasteiger partial charge in [0.2, 0.25) is 0 Å². The van der Waals surface area contributed by atoms with Crippen LogP contribution in [0.1, 0.15) is 18.1 Å². The highest BCUT2D eigenvalue weighted by Crippen LogP contribution is 2.26. The Hall–Kier alpha value is -3.21. The van der Waals surface area contributed by atoms with E-state index in [1.165, 1.54) is 13.0 Å².